The van der Waals surface area contributed by atoms with Gasteiger partial charge in [-0.2, -0.15) is 0 Å². The number of aliphatic hydroxyl groups excluding tert-OH is 2. The Labute approximate surface area is 532 Å². The van der Waals surface area contributed by atoms with E-state index in [0.717, 1.165) is 12.8 Å². The minimum absolute atomic E-state index is 0.0821. The monoisotopic (exact) mass is 1300 g/mol. The van der Waals surface area contributed by atoms with Crippen LogP contribution in [0.5, 0.6) is 0 Å². The summed E-state index contributed by atoms with van der Waals surface area (Å²) in [6.45, 7) is 43.8. The van der Waals surface area contributed by atoms with Crippen LogP contribution >= 0.6 is 0 Å². The summed E-state index contributed by atoms with van der Waals surface area (Å²) < 4.78 is 84.8. The molecule has 0 aromatic rings. The quantitative estimate of drug-likeness (QED) is 0.0522. The van der Waals surface area contributed by atoms with Crippen LogP contribution in [0.3, 0.4) is 0 Å². The second-order valence-corrected chi connectivity index (χ2v) is 19.8. The van der Waals surface area contributed by atoms with Crippen molar-refractivity contribution in [2.24, 2.45) is 0 Å². The van der Waals surface area contributed by atoms with E-state index in [2.05, 4.69) is 13.5 Å². The Morgan fingerprint density at radius 2 is 0.944 bits per heavy atom. The minimum atomic E-state index is -1.45. The van der Waals surface area contributed by atoms with Crippen LogP contribution in [-0.2, 0) is 124 Å². The normalized spacial score (nSPS) is 28.3. The zero-order valence-electron chi connectivity index (χ0n) is 58.0. The van der Waals surface area contributed by atoms with E-state index in [-0.39, 0.29) is 51.3 Å². The fraction of sp³-hybridized carbons (Fsp3) is 0.806. The Morgan fingerprint density at radius 3 is 1.37 bits per heavy atom. The molecule has 4 saturated heterocycles. The van der Waals surface area contributed by atoms with E-state index in [1.54, 1.807) is 41.5 Å². The number of carbonyl (C=O) groups is 10. The Hall–Kier alpha value is -6.04. The molecule has 28 heteroatoms. The SMILES string of the molecule is C=C(C)OC[C@]1(OC(C)=O)[C@@H](COC(C)=O)O[C@@H](C)[C@@H]1OC(C)=O.CC.CC.CC.CC.CC(=O)OCC(OC(C)=O)[C@H]1O[C@@H](C)[C@H](OC(C)=O)[C@H]1OC(C)=O.CC(=O)OC[C@H]1O[C@@H](C)[C@H](OC(C)=O)[C@@]1(C)OC(C)=O.CCCCO[C@@H]1[C@@H](O)[C@@H](C)O[C@@H]1CO. The molecule has 0 radical (unpaired) electrons. The summed E-state index contributed by atoms with van der Waals surface area (Å²) in [5, 5.41) is 18.7. The number of allylic oxidation sites excluding steroid dienone is 1. The molecule has 28 nitrogen and oxygen atoms in total. The number of ether oxygens (including phenoxy) is 16. The van der Waals surface area contributed by atoms with Crippen molar-refractivity contribution in [3.8, 4) is 0 Å². The molecule has 0 spiro atoms. The largest absolute Gasteiger partial charge is 0.494 e. The molecule has 0 aromatic heterocycles. The Morgan fingerprint density at radius 1 is 0.500 bits per heavy atom. The van der Waals surface area contributed by atoms with Crippen LogP contribution in [-0.4, -0.2) is 212 Å². The molecule has 0 bridgehead atoms. The molecule has 4 heterocycles. The number of unbranched alkanes of at least 4 members (excludes halogenated alkanes) is 1. The topological polar surface area (TPSA) is 359 Å². The van der Waals surface area contributed by atoms with E-state index >= 15 is 0 Å². The van der Waals surface area contributed by atoms with Crippen molar-refractivity contribution >= 4 is 59.7 Å². The predicted octanol–water partition coefficient (Wildman–Crippen LogP) is 6.26. The highest BCUT2D eigenvalue weighted by atomic mass is 16.7. The third-order valence-corrected chi connectivity index (χ3v) is 12.3. The van der Waals surface area contributed by atoms with E-state index < -0.39 is 144 Å². The van der Waals surface area contributed by atoms with Gasteiger partial charge >= 0.3 is 59.7 Å². The van der Waals surface area contributed by atoms with Gasteiger partial charge in [0.25, 0.3) is 0 Å². The van der Waals surface area contributed by atoms with E-state index in [1.807, 2.05) is 55.4 Å². The molecule has 1 unspecified atom stereocenters. The van der Waals surface area contributed by atoms with Gasteiger partial charge in [0.2, 0.25) is 5.60 Å². The van der Waals surface area contributed by atoms with E-state index in [4.69, 9.17) is 80.9 Å². The zero-order chi connectivity index (χ0) is 71.0. The van der Waals surface area contributed by atoms with Gasteiger partial charge in [0.05, 0.1) is 36.8 Å². The lowest BCUT2D eigenvalue weighted by molar-refractivity contribution is -0.195. The Bertz CT molecular complexity index is 2150. The van der Waals surface area contributed by atoms with Crippen molar-refractivity contribution in [3.63, 3.8) is 0 Å². The number of esters is 10. The highest BCUT2D eigenvalue weighted by Crippen LogP contribution is 2.39. The maximum absolute atomic E-state index is 11.7. The fourth-order valence-electron chi connectivity index (χ4n) is 9.03. The summed E-state index contributed by atoms with van der Waals surface area (Å²) in [5.41, 5.74) is -2.66. The molecule has 0 aliphatic carbocycles. The maximum atomic E-state index is 11.7. The number of hydrogen-bond acceptors (Lipinski definition) is 28. The van der Waals surface area contributed by atoms with Crippen molar-refractivity contribution in [2.45, 2.75) is 289 Å². The van der Waals surface area contributed by atoms with Crippen LogP contribution < -0.4 is 0 Å². The highest BCUT2D eigenvalue weighted by Gasteiger charge is 2.62. The van der Waals surface area contributed by atoms with Crippen LogP contribution in [0.2, 0.25) is 0 Å². The van der Waals surface area contributed by atoms with Gasteiger partial charge < -0.3 is 86.0 Å². The first-order chi connectivity index (χ1) is 42.1. The molecule has 4 rings (SSSR count). The fourth-order valence-corrected chi connectivity index (χ4v) is 9.03. The second kappa shape index (κ2) is 47.8. The third-order valence-electron chi connectivity index (χ3n) is 12.3. The average Bonchev–Trinajstić information content (AvgIpc) is 1.63. The summed E-state index contributed by atoms with van der Waals surface area (Å²) >= 11 is 0. The molecule has 17 atom stereocenters. The van der Waals surface area contributed by atoms with Crippen molar-refractivity contribution < 1.29 is 134 Å². The predicted molar refractivity (Wildman–Crippen MR) is 324 cm³/mol. The number of hydrogen-bond donors (Lipinski definition) is 2. The molecule has 0 aromatic carbocycles. The standard InChI is InChI=1S/C16H24O8.C15H22O9.C13H20O7.C10H20O4.4C2H6/c1-9(2)21-8-16(24-13(6)19)14(7-20-11(4)17)22-10(3)15(16)23-12(5)18;1-7-13(23-10(4)18)15(24-11(5)19)14(21-7)12(22-9(3)17)6-20-8(2)16;1-7-12(19-9(3)15)13(5,20-10(4)16)11(18-7)6-17-8(2)14;1-3-4-5-13-10-8(6-11)14-7(2)9(10)12;4*1-2/h10,14-15H,1,7-8H2,2-6H3;7,12-15H,6H2,1-5H3;7,11-12H,6H2,1-5H3;7-12H,3-6H2,1-2H3;4*1-2H3/t10-,14+,15-,16-;7-,12?,13-,14+,15+;7-,11+,12-,13-;7-,8-,9+,10+;;;;/m0001..../s1. The van der Waals surface area contributed by atoms with Gasteiger partial charge in [0, 0.05) is 75.8 Å². The van der Waals surface area contributed by atoms with Gasteiger partial charge in [-0.3, -0.25) is 47.9 Å². The number of rotatable bonds is 22. The summed E-state index contributed by atoms with van der Waals surface area (Å²) in [5.74, 6) is -5.19. The number of carbonyl (C=O) groups excluding carboxylic acids is 10. The van der Waals surface area contributed by atoms with Crippen molar-refractivity contribution in [2.75, 3.05) is 39.6 Å². The molecule has 4 fully saturated rings. The molecule has 2 N–H and O–H groups in total. The van der Waals surface area contributed by atoms with Gasteiger partial charge in [-0.05, 0) is 48.0 Å². The van der Waals surface area contributed by atoms with Crippen LogP contribution in [0.1, 0.15) is 186 Å². The second-order valence-electron chi connectivity index (χ2n) is 19.8. The van der Waals surface area contributed by atoms with Gasteiger partial charge in [-0.1, -0.05) is 75.3 Å². The summed E-state index contributed by atoms with van der Waals surface area (Å²) in [6.07, 6.45) is -8.35. The van der Waals surface area contributed by atoms with E-state index in [1.165, 1.54) is 69.2 Å². The van der Waals surface area contributed by atoms with Crippen LogP contribution in [0, 0.1) is 0 Å². The lowest BCUT2D eigenvalue weighted by Crippen LogP contribution is -2.57. The number of aliphatic hydroxyl groups is 2. The molecule has 90 heavy (non-hydrogen) atoms. The highest BCUT2D eigenvalue weighted by molar-refractivity contribution is 5.70. The lowest BCUT2D eigenvalue weighted by atomic mass is 9.91. The van der Waals surface area contributed by atoms with Crippen molar-refractivity contribution in [1.82, 2.24) is 0 Å². The molecular weight excluding hydrogens is 1190 g/mol. The van der Waals surface area contributed by atoms with Crippen LogP contribution in [0.25, 0.3) is 0 Å². The van der Waals surface area contributed by atoms with Crippen LogP contribution in [0.4, 0.5) is 0 Å². The average molecular weight is 1300 g/mol. The molecule has 0 amide bonds. The van der Waals surface area contributed by atoms with Gasteiger partial charge in [0.15, 0.2) is 36.1 Å². The third kappa shape index (κ3) is 32.8. The first kappa shape index (κ1) is 90.4. The zero-order valence-corrected chi connectivity index (χ0v) is 58.0. The van der Waals surface area contributed by atoms with Gasteiger partial charge in [0.1, 0.15) is 63.1 Å². The lowest BCUT2D eigenvalue weighted by Gasteiger charge is -2.36. The first-order valence-corrected chi connectivity index (χ1v) is 30.5. The van der Waals surface area contributed by atoms with Gasteiger partial charge in [-0.15, -0.1) is 0 Å². The Kier molecular flexibility index (Phi) is 48.0. The summed E-state index contributed by atoms with van der Waals surface area (Å²) in [6, 6.07) is 0. The van der Waals surface area contributed by atoms with E-state index in [0.29, 0.717) is 12.4 Å². The minimum Gasteiger partial charge on any atom is -0.494 e. The maximum Gasteiger partial charge on any atom is 0.303 e. The van der Waals surface area contributed by atoms with Crippen molar-refractivity contribution in [1.29, 1.82) is 0 Å². The smallest absolute Gasteiger partial charge is 0.303 e. The molecule has 526 valence electrons. The van der Waals surface area contributed by atoms with Crippen LogP contribution in [0.15, 0.2) is 12.3 Å². The van der Waals surface area contributed by atoms with Gasteiger partial charge in [-0.25, -0.2) is 0 Å². The first-order valence-electron chi connectivity index (χ1n) is 30.5. The Balaban J connectivity index is -0.000000534. The molecule has 0 saturated carbocycles. The molecular formula is C62H110O28. The summed E-state index contributed by atoms with van der Waals surface area (Å²) in [7, 11) is 0. The van der Waals surface area contributed by atoms with E-state index in [9.17, 15) is 53.1 Å². The van der Waals surface area contributed by atoms with Crippen molar-refractivity contribution in [3.05, 3.63) is 12.3 Å². The molecule has 4 aliphatic heterocycles. The summed E-state index contributed by atoms with van der Waals surface area (Å²) in [4.78, 5) is 113. The molecule has 4 aliphatic rings.